The van der Waals surface area contributed by atoms with E-state index in [9.17, 15) is 0 Å². The first-order valence-electron chi connectivity index (χ1n) is 26.5. The zero-order valence-electron chi connectivity index (χ0n) is 45.6. The molecule has 0 saturated heterocycles. The highest BCUT2D eigenvalue weighted by Gasteiger charge is 2.50. The summed E-state index contributed by atoms with van der Waals surface area (Å²) in [5, 5.41) is 1.37. The second-order valence-corrected chi connectivity index (χ2v) is 28.7. The van der Waals surface area contributed by atoms with Crippen LogP contribution in [0.1, 0.15) is 182 Å². The van der Waals surface area contributed by atoms with Crippen molar-refractivity contribution >= 4 is 66.9 Å². The van der Waals surface area contributed by atoms with Crippen LogP contribution in [0.2, 0.25) is 0 Å². The Morgan fingerprint density at radius 3 is 1.60 bits per heavy atom. The van der Waals surface area contributed by atoms with Gasteiger partial charge in [0.2, 0.25) is 0 Å². The number of nitrogens with zero attached hydrogens (tertiary/aromatic N) is 2. The molecule has 0 bridgehead atoms. The van der Waals surface area contributed by atoms with Crippen LogP contribution in [-0.2, 0) is 37.9 Å². The first kappa shape index (κ1) is 47.3. The van der Waals surface area contributed by atoms with Crippen LogP contribution in [0.3, 0.4) is 0 Å². The van der Waals surface area contributed by atoms with Crippen LogP contribution >= 0.6 is 11.3 Å². The zero-order chi connectivity index (χ0) is 50.0. The zero-order valence-corrected chi connectivity index (χ0v) is 46.4. The summed E-state index contributed by atoms with van der Waals surface area (Å²) in [6.45, 7) is 41.1. The fourth-order valence-corrected chi connectivity index (χ4v) is 14.0. The van der Waals surface area contributed by atoms with Gasteiger partial charge in [-0.25, -0.2) is 0 Å². The van der Waals surface area contributed by atoms with Gasteiger partial charge in [-0.2, -0.15) is 0 Å². The van der Waals surface area contributed by atoms with E-state index in [1.165, 1.54) is 136 Å². The molecule has 2 aliphatic carbocycles. The van der Waals surface area contributed by atoms with Crippen molar-refractivity contribution in [3.8, 4) is 22.3 Å². The van der Waals surface area contributed by atoms with Gasteiger partial charge in [0.25, 0.3) is 0 Å². The second-order valence-electron chi connectivity index (χ2n) is 27.6. The van der Waals surface area contributed by atoms with Crippen LogP contribution in [-0.4, -0.2) is 6.85 Å². The quantitative estimate of drug-likeness (QED) is 0.163. The molecule has 360 valence electrons. The van der Waals surface area contributed by atoms with Gasteiger partial charge >= 0.3 is 6.85 Å². The van der Waals surface area contributed by atoms with Crippen LogP contribution in [0.15, 0.2) is 109 Å². The molecule has 0 radical (unpaired) electrons. The van der Waals surface area contributed by atoms with Crippen molar-refractivity contribution in [1.29, 1.82) is 0 Å². The van der Waals surface area contributed by atoms with E-state index in [1.54, 1.807) is 0 Å². The molecule has 7 aromatic rings. The highest BCUT2D eigenvalue weighted by Crippen LogP contribution is 2.56. The third-order valence-corrected chi connectivity index (χ3v) is 18.8. The summed E-state index contributed by atoms with van der Waals surface area (Å²) in [7, 11) is 0. The highest BCUT2D eigenvalue weighted by molar-refractivity contribution is 7.32. The van der Waals surface area contributed by atoms with Gasteiger partial charge < -0.3 is 9.71 Å². The Labute approximate surface area is 426 Å². The van der Waals surface area contributed by atoms with Crippen molar-refractivity contribution in [3.63, 3.8) is 0 Å². The topological polar surface area (TPSA) is 6.48 Å². The van der Waals surface area contributed by atoms with Gasteiger partial charge in [0, 0.05) is 43.1 Å². The molecule has 11 rings (SSSR count). The average molecular weight is 941 g/mol. The van der Waals surface area contributed by atoms with Crippen molar-refractivity contribution in [1.82, 2.24) is 0 Å². The van der Waals surface area contributed by atoms with Gasteiger partial charge in [-0.05, 0) is 168 Å². The molecule has 0 amide bonds. The fourth-order valence-electron chi connectivity index (χ4n) is 12.7. The maximum atomic E-state index is 2.81. The molecule has 0 spiro atoms. The Balaban J connectivity index is 1.32. The maximum absolute atomic E-state index is 2.81. The molecular formula is C66H77BN2S. The molecule has 6 aromatic carbocycles. The molecule has 4 heteroatoms. The summed E-state index contributed by atoms with van der Waals surface area (Å²) in [5.41, 5.74) is 23.4. The van der Waals surface area contributed by atoms with Gasteiger partial charge in [0.15, 0.2) is 0 Å². The maximum Gasteiger partial charge on any atom is 0.343 e. The third kappa shape index (κ3) is 7.30. The van der Waals surface area contributed by atoms with E-state index < -0.39 is 0 Å². The fraction of sp³-hybridized carbons (Fsp3) is 0.424. The number of benzene rings is 6. The molecule has 0 unspecified atom stereocenters. The van der Waals surface area contributed by atoms with Gasteiger partial charge in [-0.3, -0.25) is 0 Å². The number of fused-ring (bicyclic) bond motifs is 8. The minimum atomic E-state index is -0.101. The Kier molecular flexibility index (Phi) is 10.3. The number of hydrogen-bond acceptors (Lipinski definition) is 3. The first-order chi connectivity index (χ1) is 32.6. The predicted molar refractivity (Wildman–Crippen MR) is 308 cm³/mol. The van der Waals surface area contributed by atoms with E-state index in [0.29, 0.717) is 0 Å². The molecule has 3 heterocycles. The van der Waals surface area contributed by atoms with Crippen molar-refractivity contribution in [2.45, 2.75) is 181 Å². The molecule has 1 aromatic heterocycles. The molecule has 2 aliphatic heterocycles. The van der Waals surface area contributed by atoms with Crippen molar-refractivity contribution < 1.29 is 0 Å². The minimum Gasteiger partial charge on any atom is -0.376 e. The van der Waals surface area contributed by atoms with Crippen molar-refractivity contribution in [2.24, 2.45) is 0 Å². The van der Waals surface area contributed by atoms with E-state index in [0.717, 1.165) is 0 Å². The smallest absolute Gasteiger partial charge is 0.343 e. The number of anilines is 5. The lowest BCUT2D eigenvalue weighted by atomic mass is 9.46. The normalized spacial score (nSPS) is 18.5. The van der Waals surface area contributed by atoms with Gasteiger partial charge in [-0.1, -0.05) is 178 Å². The molecule has 2 nitrogen and oxygen atoms in total. The summed E-state index contributed by atoms with van der Waals surface area (Å²) in [6, 6.07) is 44.2. The average Bonchev–Trinajstić information content (AvgIpc) is 3.66. The summed E-state index contributed by atoms with van der Waals surface area (Å²) in [4.78, 5) is 5.57. The van der Waals surface area contributed by atoms with Crippen molar-refractivity contribution in [2.75, 3.05) is 9.71 Å². The number of thiophene rings is 1. The number of hydrogen-bond donors (Lipinski definition) is 0. The van der Waals surface area contributed by atoms with E-state index in [1.807, 2.05) is 0 Å². The molecule has 0 fully saturated rings. The van der Waals surface area contributed by atoms with E-state index in [4.69, 9.17) is 0 Å². The Hall–Kier alpha value is -5.06. The van der Waals surface area contributed by atoms with E-state index in [2.05, 4.69) is 248 Å². The van der Waals surface area contributed by atoms with Crippen LogP contribution < -0.4 is 20.0 Å². The molecule has 4 aliphatic rings. The monoisotopic (exact) mass is 941 g/mol. The van der Waals surface area contributed by atoms with E-state index in [-0.39, 0.29) is 44.8 Å². The minimum absolute atomic E-state index is 0.0210. The Bertz CT molecular complexity index is 3280. The van der Waals surface area contributed by atoms with Crippen molar-refractivity contribution in [3.05, 3.63) is 148 Å². The molecule has 0 atom stereocenters. The molecule has 70 heavy (non-hydrogen) atoms. The predicted octanol–water partition coefficient (Wildman–Crippen LogP) is 17.9. The Morgan fingerprint density at radius 2 is 0.986 bits per heavy atom. The van der Waals surface area contributed by atoms with Gasteiger partial charge in [0.1, 0.15) is 0 Å². The molecule has 0 saturated carbocycles. The Morgan fingerprint density at radius 1 is 0.457 bits per heavy atom. The largest absolute Gasteiger partial charge is 0.376 e. The van der Waals surface area contributed by atoms with Crippen LogP contribution in [0.25, 0.3) is 32.3 Å². The third-order valence-electron chi connectivity index (χ3n) is 17.6. The van der Waals surface area contributed by atoms with Gasteiger partial charge in [0.05, 0.1) is 11.4 Å². The van der Waals surface area contributed by atoms with E-state index >= 15 is 0 Å². The standard InChI is InChI=1S/C66H77BN2S/c1-60(2,3)41-24-28-53(46(33-41)40-21-19-18-20-22-40)68-55-36-43(62(7,8)9)34-47-45-26-23-42(61(4,5)6)35-54(45)69(44-25-27-49-50(37-44)64(12,13)30-29-63(49,10)11)67(57(47)55)59-58(68)48-38-51-52(39-56(48)70-59)66(16,17)32-31-65(51,14)15/h18-28,33-39H,29-32H2,1-17H3. The summed E-state index contributed by atoms with van der Waals surface area (Å²) < 4.78 is 2.81. The lowest BCUT2D eigenvalue weighted by Crippen LogP contribution is -2.60. The van der Waals surface area contributed by atoms with Crippen LogP contribution in [0.4, 0.5) is 28.4 Å². The molecule has 0 N–H and O–H groups in total. The number of rotatable bonds is 3. The molecular weight excluding hydrogens is 864 g/mol. The summed E-state index contributed by atoms with van der Waals surface area (Å²) >= 11 is 2.06. The first-order valence-corrected chi connectivity index (χ1v) is 27.3. The SMILES string of the molecule is CC(C)(C)c1ccc(N2c3cc(C(C)(C)C)cc4c3B(c3sc5cc6c(cc5c32)C(C)(C)CCC6(C)C)N(c2ccc3c(c2)C(C)(C)CCC3(C)C)c2cc(C(C)(C)C)ccc2-4)c(-c2ccccc2)c1. The summed E-state index contributed by atoms with van der Waals surface area (Å²) in [6.07, 6.45) is 4.74. The van der Waals surface area contributed by atoms with Crippen LogP contribution in [0.5, 0.6) is 0 Å². The summed E-state index contributed by atoms with van der Waals surface area (Å²) in [5.74, 6) is 0. The second kappa shape index (κ2) is 15.2. The highest BCUT2D eigenvalue weighted by atomic mass is 32.1. The lowest BCUT2D eigenvalue weighted by Gasteiger charge is -2.47. The van der Waals surface area contributed by atoms with Gasteiger partial charge in [-0.15, -0.1) is 11.3 Å². The van der Waals surface area contributed by atoms with Crippen LogP contribution in [0, 0.1) is 0 Å². The lowest BCUT2D eigenvalue weighted by molar-refractivity contribution is 0.332.